The topological polar surface area (TPSA) is 114 Å². The van der Waals surface area contributed by atoms with Gasteiger partial charge in [-0.05, 0) is 43.6 Å². The average molecular weight is 467 g/mol. The predicted molar refractivity (Wildman–Crippen MR) is 121 cm³/mol. The van der Waals surface area contributed by atoms with Crippen LogP contribution in [0.25, 0.3) is 0 Å². The fourth-order valence-electron chi connectivity index (χ4n) is 4.51. The van der Waals surface area contributed by atoms with Gasteiger partial charge in [0.1, 0.15) is 12.6 Å². The third-order valence-electron chi connectivity index (χ3n) is 6.26. The Kier molecular flexibility index (Phi) is 9.03. The molecule has 3 N–H and O–H groups in total. The van der Waals surface area contributed by atoms with Crippen molar-refractivity contribution >= 4 is 29.1 Å². The second kappa shape index (κ2) is 11.7. The summed E-state index contributed by atoms with van der Waals surface area (Å²) >= 11 is 1.38. The smallest absolute Gasteiger partial charge is 0.264 e. The third kappa shape index (κ3) is 6.06. The van der Waals surface area contributed by atoms with Gasteiger partial charge in [-0.15, -0.1) is 11.3 Å². The van der Waals surface area contributed by atoms with E-state index in [-0.39, 0.29) is 49.0 Å². The largest absolute Gasteiger partial charge is 0.383 e. The normalized spacial score (nSPS) is 25.5. The first-order valence-electron chi connectivity index (χ1n) is 11.1. The molecule has 32 heavy (non-hydrogen) atoms. The van der Waals surface area contributed by atoms with Crippen LogP contribution in [-0.4, -0.2) is 92.2 Å². The van der Waals surface area contributed by atoms with Crippen molar-refractivity contribution in [2.45, 2.75) is 56.3 Å². The lowest BCUT2D eigenvalue weighted by atomic mass is 9.91. The molecule has 1 saturated heterocycles. The highest BCUT2D eigenvalue weighted by atomic mass is 32.1. The number of hydrogen-bond donors (Lipinski definition) is 2. The minimum absolute atomic E-state index is 0.0677. The first kappa shape index (κ1) is 24.6. The summed E-state index contributed by atoms with van der Waals surface area (Å²) in [5, 5.41) is 4.97. The van der Waals surface area contributed by atoms with Crippen LogP contribution in [0, 0.1) is 0 Å². The van der Waals surface area contributed by atoms with E-state index >= 15 is 0 Å². The molecule has 0 bridgehead atoms. The van der Waals surface area contributed by atoms with E-state index in [1.807, 2.05) is 11.4 Å². The lowest BCUT2D eigenvalue weighted by Crippen LogP contribution is -2.50. The number of nitrogens with one attached hydrogen (secondary N) is 1. The van der Waals surface area contributed by atoms with Gasteiger partial charge in [0.2, 0.25) is 11.8 Å². The lowest BCUT2D eigenvalue weighted by Gasteiger charge is -2.30. The maximum atomic E-state index is 13.2. The van der Waals surface area contributed by atoms with E-state index in [0.29, 0.717) is 24.4 Å². The Morgan fingerprint density at radius 2 is 1.97 bits per heavy atom. The van der Waals surface area contributed by atoms with Crippen LogP contribution in [0.2, 0.25) is 0 Å². The van der Waals surface area contributed by atoms with Crippen LogP contribution in [0.1, 0.15) is 41.8 Å². The number of carbonyl (C=O) groups is 3. The highest BCUT2D eigenvalue weighted by Crippen LogP contribution is 2.26. The lowest BCUT2D eigenvalue weighted by molar-refractivity contribution is -0.141. The van der Waals surface area contributed by atoms with Crippen molar-refractivity contribution in [2.75, 3.05) is 40.5 Å². The van der Waals surface area contributed by atoms with Crippen molar-refractivity contribution in [3.63, 3.8) is 0 Å². The zero-order valence-corrected chi connectivity index (χ0v) is 19.6. The molecule has 1 aromatic heterocycles. The number of carbonyl (C=O) groups excluding carboxylic acids is 3. The van der Waals surface area contributed by atoms with Gasteiger partial charge in [-0.25, -0.2) is 0 Å². The van der Waals surface area contributed by atoms with Crippen molar-refractivity contribution in [1.29, 1.82) is 0 Å². The summed E-state index contributed by atoms with van der Waals surface area (Å²) in [6.45, 7) is 0.945. The van der Waals surface area contributed by atoms with E-state index in [9.17, 15) is 14.4 Å². The molecule has 2 unspecified atom stereocenters. The number of ether oxygens (including phenoxy) is 2. The summed E-state index contributed by atoms with van der Waals surface area (Å²) in [7, 11) is 3.04. The number of amides is 3. The van der Waals surface area contributed by atoms with Gasteiger partial charge in [0.15, 0.2) is 0 Å². The van der Waals surface area contributed by atoms with E-state index in [1.54, 1.807) is 23.0 Å². The predicted octanol–water partition coefficient (Wildman–Crippen LogP) is 0.839. The van der Waals surface area contributed by atoms with E-state index in [2.05, 4.69) is 5.32 Å². The van der Waals surface area contributed by atoms with Crippen LogP contribution in [0.3, 0.4) is 0 Å². The molecular formula is C22H34N4O5S. The van der Waals surface area contributed by atoms with Gasteiger partial charge in [0.05, 0.1) is 17.5 Å². The van der Waals surface area contributed by atoms with Crippen LogP contribution in [-0.2, 0) is 19.1 Å². The van der Waals surface area contributed by atoms with Crippen molar-refractivity contribution in [3.05, 3.63) is 22.4 Å². The third-order valence-corrected chi connectivity index (χ3v) is 7.12. The molecule has 10 heteroatoms. The van der Waals surface area contributed by atoms with Crippen LogP contribution < -0.4 is 11.1 Å². The number of nitrogens with two attached hydrogens (primary N) is 1. The quantitative estimate of drug-likeness (QED) is 0.557. The van der Waals surface area contributed by atoms with Gasteiger partial charge in [-0.2, -0.15) is 0 Å². The molecule has 3 amide bonds. The first-order chi connectivity index (χ1) is 15.4. The molecule has 0 radical (unpaired) electrons. The van der Waals surface area contributed by atoms with Crippen molar-refractivity contribution in [3.8, 4) is 0 Å². The second-order valence-corrected chi connectivity index (χ2v) is 9.42. The van der Waals surface area contributed by atoms with Crippen LogP contribution >= 0.6 is 11.3 Å². The Labute approximate surface area is 193 Å². The van der Waals surface area contributed by atoms with Crippen molar-refractivity contribution in [1.82, 2.24) is 15.1 Å². The average Bonchev–Trinajstić information content (AvgIpc) is 3.46. The molecule has 0 aromatic carbocycles. The SMILES string of the molecule is COCCN(C(=O)c1cccs1)C1CC(C(=O)NC2CCC(N)CC2)N(C(=O)COC)C1. The van der Waals surface area contributed by atoms with Gasteiger partial charge in [0, 0.05) is 39.4 Å². The number of methoxy groups -OCH3 is 2. The van der Waals surface area contributed by atoms with E-state index in [1.165, 1.54) is 18.4 Å². The minimum Gasteiger partial charge on any atom is -0.383 e. The van der Waals surface area contributed by atoms with Crippen molar-refractivity contribution < 1.29 is 23.9 Å². The molecule has 1 aliphatic heterocycles. The maximum Gasteiger partial charge on any atom is 0.264 e. The molecule has 2 fully saturated rings. The molecule has 2 aliphatic rings. The van der Waals surface area contributed by atoms with E-state index in [4.69, 9.17) is 15.2 Å². The van der Waals surface area contributed by atoms with Crippen LogP contribution in [0.15, 0.2) is 17.5 Å². The molecule has 1 aromatic rings. The fraction of sp³-hybridized carbons (Fsp3) is 0.682. The van der Waals surface area contributed by atoms with E-state index in [0.717, 1.165) is 25.7 Å². The molecule has 3 rings (SSSR count). The summed E-state index contributed by atoms with van der Waals surface area (Å²) in [6.07, 6.45) is 3.82. The number of thiophene rings is 1. The Morgan fingerprint density at radius 3 is 2.59 bits per heavy atom. The molecule has 178 valence electrons. The zero-order valence-electron chi connectivity index (χ0n) is 18.8. The van der Waals surface area contributed by atoms with Gasteiger partial charge >= 0.3 is 0 Å². The number of likely N-dealkylation sites (tertiary alicyclic amines) is 1. The highest BCUT2D eigenvalue weighted by Gasteiger charge is 2.43. The molecule has 2 atom stereocenters. The molecular weight excluding hydrogens is 432 g/mol. The summed E-state index contributed by atoms with van der Waals surface area (Å²) in [6, 6.07) is 2.96. The van der Waals surface area contributed by atoms with Crippen LogP contribution in [0.5, 0.6) is 0 Å². The standard InChI is InChI=1S/C22H34N4O5S/c1-30-10-9-25(22(29)19-4-3-11-32-19)17-12-18(26(13-17)20(27)14-31-2)21(28)24-16-7-5-15(23)6-8-16/h3-4,11,15-18H,5-10,12-14,23H2,1-2H3,(H,24,28). The molecule has 1 aliphatic carbocycles. The summed E-state index contributed by atoms with van der Waals surface area (Å²) in [5.74, 6) is -0.535. The maximum absolute atomic E-state index is 13.2. The zero-order chi connectivity index (χ0) is 23.1. The van der Waals surface area contributed by atoms with Gasteiger partial charge in [-0.1, -0.05) is 6.07 Å². The minimum atomic E-state index is -0.639. The van der Waals surface area contributed by atoms with E-state index < -0.39 is 6.04 Å². The fourth-order valence-corrected chi connectivity index (χ4v) is 5.19. The van der Waals surface area contributed by atoms with Crippen molar-refractivity contribution in [2.24, 2.45) is 5.73 Å². The Balaban J connectivity index is 1.75. The molecule has 9 nitrogen and oxygen atoms in total. The first-order valence-corrected chi connectivity index (χ1v) is 12.0. The number of rotatable bonds is 9. The Morgan fingerprint density at radius 1 is 1.22 bits per heavy atom. The number of nitrogens with zero attached hydrogens (tertiary/aromatic N) is 2. The van der Waals surface area contributed by atoms with Gasteiger partial charge in [0.25, 0.3) is 5.91 Å². The van der Waals surface area contributed by atoms with Crippen LogP contribution in [0.4, 0.5) is 0 Å². The summed E-state index contributed by atoms with van der Waals surface area (Å²) in [5.41, 5.74) is 5.98. The summed E-state index contributed by atoms with van der Waals surface area (Å²) in [4.78, 5) is 43.0. The monoisotopic (exact) mass is 466 g/mol. The summed E-state index contributed by atoms with van der Waals surface area (Å²) < 4.78 is 10.3. The molecule has 2 heterocycles. The molecule has 1 saturated carbocycles. The highest BCUT2D eigenvalue weighted by molar-refractivity contribution is 7.12. The van der Waals surface area contributed by atoms with Gasteiger partial charge < -0.3 is 30.3 Å². The Hall–Kier alpha value is -2.01. The number of hydrogen-bond acceptors (Lipinski definition) is 7. The second-order valence-electron chi connectivity index (χ2n) is 8.47. The van der Waals surface area contributed by atoms with Gasteiger partial charge in [-0.3, -0.25) is 14.4 Å². The Bertz CT molecular complexity index is 766. The molecule has 0 spiro atoms.